The Bertz CT molecular complexity index is 1060. The highest BCUT2D eigenvalue weighted by Gasteiger charge is 2.27. The van der Waals surface area contributed by atoms with Crippen molar-refractivity contribution in [3.05, 3.63) is 94.8 Å². The Morgan fingerprint density at radius 1 is 0.933 bits per heavy atom. The Balaban J connectivity index is 2.23. The summed E-state index contributed by atoms with van der Waals surface area (Å²) < 4.78 is 11.8. The molecule has 0 unspecified atom stereocenters. The smallest absolute Gasteiger partial charge is 0.340 e. The molecule has 30 heavy (non-hydrogen) atoms. The number of thioether (sulfide) groups is 1. The van der Waals surface area contributed by atoms with E-state index in [1.807, 2.05) is 77.6 Å². The minimum absolute atomic E-state index is 0.181. The fourth-order valence-corrected chi connectivity index (χ4v) is 3.81. The summed E-state index contributed by atoms with van der Waals surface area (Å²) in [6.45, 7) is 0.490. The van der Waals surface area contributed by atoms with Gasteiger partial charge in [0, 0.05) is 17.6 Å². The summed E-state index contributed by atoms with van der Waals surface area (Å²) in [5, 5.41) is 0. The average molecular weight is 422 g/mol. The van der Waals surface area contributed by atoms with Crippen molar-refractivity contribution in [2.24, 2.45) is 0 Å². The highest BCUT2D eigenvalue weighted by molar-refractivity contribution is 8.07. The molecule has 3 aromatic rings. The van der Waals surface area contributed by atoms with Crippen LogP contribution in [-0.2, 0) is 16.0 Å². The van der Waals surface area contributed by atoms with Crippen LogP contribution in [-0.4, -0.2) is 37.0 Å². The van der Waals surface area contributed by atoms with Gasteiger partial charge in [0.15, 0.2) is 0 Å². The van der Waals surface area contributed by atoms with Gasteiger partial charge in [-0.15, -0.1) is 11.8 Å². The fourth-order valence-electron chi connectivity index (χ4n) is 3.21. The van der Waals surface area contributed by atoms with Crippen molar-refractivity contribution in [1.29, 1.82) is 0 Å². The minimum Gasteiger partial charge on any atom is -0.465 e. The summed E-state index contributed by atoms with van der Waals surface area (Å²) in [4.78, 5) is 26.1. The second-order valence-electron chi connectivity index (χ2n) is 6.48. The van der Waals surface area contributed by atoms with Crippen molar-refractivity contribution in [2.75, 3.05) is 20.5 Å². The van der Waals surface area contributed by atoms with Crippen molar-refractivity contribution in [1.82, 2.24) is 4.57 Å². The molecule has 0 saturated carbocycles. The van der Waals surface area contributed by atoms with Crippen LogP contribution in [0.1, 0.15) is 37.5 Å². The molecule has 1 aromatic heterocycles. The quantitative estimate of drug-likeness (QED) is 0.504. The van der Waals surface area contributed by atoms with Crippen molar-refractivity contribution >= 4 is 34.7 Å². The van der Waals surface area contributed by atoms with Crippen LogP contribution < -0.4 is 0 Å². The van der Waals surface area contributed by atoms with Gasteiger partial charge in [-0.1, -0.05) is 60.7 Å². The van der Waals surface area contributed by atoms with E-state index in [1.165, 1.54) is 14.2 Å². The van der Waals surface area contributed by atoms with Gasteiger partial charge in [-0.2, -0.15) is 0 Å². The van der Waals surface area contributed by atoms with Gasteiger partial charge in [-0.05, 0) is 23.5 Å². The molecule has 1 heterocycles. The van der Waals surface area contributed by atoms with E-state index in [0.29, 0.717) is 12.2 Å². The molecule has 6 heteroatoms. The maximum absolute atomic E-state index is 12.7. The number of aromatic nitrogens is 1. The number of carbonyl (C=O) groups excluding carboxylic acids is 2. The Morgan fingerprint density at radius 3 is 2.10 bits per heavy atom. The predicted octanol–water partition coefficient (Wildman–Crippen LogP) is 4.97. The number of nitrogens with zero attached hydrogens (tertiary/aromatic N) is 1. The Morgan fingerprint density at radius 2 is 1.53 bits per heavy atom. The standard InChI is InChI=1S/C24H23NO4S/c1-28-23(26)19-16-25(15-17-10-6-4-7-11-17)20(22(19)24(27)29-2)14-21(30-3)18-12-8-5-9-13-18/h4-14,16H,15H2,1-3H3. The molecular weight excluding hydrogens is 398 g/mol. The number of methoxy groups -OCH3 is 2. The number of hydrogen-bond donors (Lipinski definition) is 0. The van der Waals surface area contributed by atoms with Crippen LogP contribution in [0.4, 0.5) is 0 Å². The lowest BCUT2D eigenvalue weighted by Crippen LogP contribution is -2.11. The molecule has 0 radical (unpaired) electrons. The van der Waals surface area contributed by atoms with Gasteiger partial charge in [0.2, 0.25) is 0 Å². The number of ether oxygens (including phenoxy) is 2. The second kappa shape index (κ2) is 9.98. The normalized spacial score (nSPS) is 11.2. The first-order chi connectivity index (χ1) is 14.6. The Labute approximate surface area is 180 Å². The third kappa shape index (κ3) is 4.66. The van der Waals surface area contributed by atoms with Crippen LogP contribution in [0.15, 0.2) is 66.9 Å². The maximum atomic E-state index is 12.7. The van der Waals surface area contributed by atoms with Crippen molar-refractivity contribution < 1.29 is 19.1 Å². The van der Waals surface area contributed by atoms with Gasteiger partial charge in [0.25, 0.3) is 0 Å². The zero-order valence-corrected chi connectivity index (χ0v) is 17.9. The van der Waals surface area contributed by atoms with Crippen LogP contribution in [0, 0.1) is 0 Å². The van der Waals surface area contributed by atoms with Crippen LogP contribution in [0.25, 0.3) is 11.0 Å². The van der Waals surface area contributed by atoms with Gasteiger partial charge in [-0.25, -0.2) is 9.59 Å². The molecule has 0 spiro atoms. The van der Waals surface area contributed by atoms with Gasteiger partial charge in [0.05, 0.1) is 31.0 Å². The molecule has 0 bridgehead atoms. The van der Waals surface area contributed by atoms with Gasteiger partial charge in [-0.3, -0.25) is 0 Å². The molecule has 0 amide bonds. The fraction of sp³-hybridized carbons (Fsp3) is 0.167. The van der Waals surface area contributed by atoms with Crippen LogP contribution in [0.5, 0.6) is 0 Å². The highest BCUT2D eigenvalue weighted by Crippen LogP contribution is 2.31. The van der Waals surface area contributed by atoms with Gasteiger partial charge < -0.3 is 14.0 Å². The molecular formula is C24H23NO4S. The van der Waals surface area contributed by atoms with E-state index < -0.39 is 11.9 Å². The highest BCUT2D eigenvalue weighted by atomic mass is 32.2. The van der Waals surface area contributed by atoms with Crippen LogP contribution >= 0.6 is 11.8 Å². The number of benzene rings is 2. The summed E-state index contributed by atoms with van der Waals surface area (Å²) in [6.07, 6.45) is 5.55. The van der Waals surface area contributed by atoms with E-state index in [1.54, 1.807) is 18.0 Å². The molecule has 0 aliphatic carbocycles. The largest absolute Gasteiger partial charge is 0.465 e. The molecule has 0 atom stereocenters. The molecule has 3 rings (SSSR count). The first-order valence-corrected chi connectivity index (χ1v) is 10.6. The molecule has 0 aliphatic rings. The third-order valence-corrected chi connectivity index (χ3v) is 5.45. The monoisotopic (exact) mass is 421 g/mol. The topological polar surface area (TPSA) is 57.5 Å². The molecule has 0 fully saturated rings. The van der Waals surface area contributed by atoms with E-state index in [4.69, 9.17) is 9.47 Å². The second-order valence-corrected chi connectivity index (χ2v) is 7.33. The molecule has 5 nitrogen and oxygen atoms in total. The van der Waals surface area contributed by atoms with E-state index in [-0.39, 0.29) is 11.1 Å². The summed E-state index contributed by atoms with van der Waals surface area (Å²) >= 11 is 1.56. The lowest BCUT2D eigenvalue weighted by atomic mass is 10.1. The van der Waals surface area contributed by atoms with Crippen molar-refractivity contribution in [3.63, 3.8) is 0 Å². The number of rotatable bonds is 7. The van der Waals surface area contributed by atoms with Crippen molar-refractivity contribution in [2.45, 2.75) is 6.54 Å². The van der Waals surface area contributed by atoms with Gasteiger partial charge >= 0.3 is 11.9 Å². The van der Waals surface area contributed by atoms with Gasteiger partial charge in [0.1, 0.15) is 0 Å². The molecule has 0 aliphatic heterocycles. The average Bonchev–Trinajstić information content (AvgIpc) is 3.15. The van der Waals surface area contributed by atoms with Crippen LogP contribution in [0.2, 0.25) is 0 Å². The zero-order valence-electron chi connectivity index (χ0n) is 17.1. The van der Waals surface area contributed by atoms with E-state index in [2.05, 4.69) is 0 Å². The van der Waals surface area contributed by atoms with Crippen molar-refractivity contribution in [3.8, 4) is 0 Å². The predicted molar refractivity (Wildman–Crippen MR) is 120 cm³/mol. The van der Waals surface area contributed by atoms with E-state index in [0.717, 1.165) is 16.0 Å². The van der Waals surface area contributed by atoms with E-state index in [9.17, 15) is 9.59 Å². The molecule has 0 saturated heterocycles. The lowest BCUT2D eigenvalue weighted by molar-refractivity contribution is 0.0556. The summed E-state index contributed by atoms with van der Waals surface area (Å²) in [5.41, 5.74) is 3.04. The Hall–Kier alpha value is -3.25. The summed E-state index contributed by atoms with van der Waals surface area (Å²) in [7, 11) is 2.60. The molecule has 2 aromatic carbocycles. The minimum atomic E-state index is -0.582. The zero-order chi connectivity index (χ0) is 21.5. The maximum Gasteiger partial charge on any atom is 0.340 e. The molecule has 154 valence electrons. The lowest BCUT2D eigenvalue weighted by Gasteiger charge is -2.11. The SMILES string of the molecule is COC(=O)c1cn(Cc2ccccc2)c(C=C(SC)c2ccccc2)c1C(=O)OC. The summed E-state index contributed by atoms with van der Waals surface area (Å²) in [6, 6.07) is 19.7. The number of hydrogen-bond acceptors (Lipinski definition) is 5. The first-order valence-electron chi connectivity index (χ1n) is 9.33. The van der Waals surface area contributed by atoms with E-state index >= 15 is 0 Å². The number of esters is 2. The number of carbonyl (C=O) groups is 2. The van der Waals surface area contributed by atoms with Crippen LogP contribution in [0.3, 0.4) is 0 Å². The summed E-state index contributed by atoms with van der Waals surface area (Å²) in [5.74, 6) is -1.16. The first kappa shape index (κ1) is 21.5. The Kier molecular flexibility index (Phi) is 7.14. The third-order valence-electron chi connectivity index (χ3n) is 4.66. The molecule has 0 N–H and O–H groups in total.